The van der Waals surface area contributed by atoms with Crippen LogP contribution in [-0.2, 0) is 17.4 Å². The highest BCUT2D eigenvalue weighted by atomic mass is 16.5. The molecule has 0 saturated carbocycles. The summed E-state index contributed by atoms with van der Waals surface area (Å²) in [6, 6.07) is 6.48. The number of imidazole rings is 1. The molecule has 1 aromatic heterocycles. The molecule has 5 rings (SSSR count). The highest BCUT2D eigenvalue weighted by Gasteiger charge is 2.48. The van der Waals surface area contributed by atoms with Crippen molar-refractivity contribution in [2.75, 3.05) is 26.7 Å². The standard InChI is InChI=1S/C28H40N4O2/c1-7-8-23(33)32-15-12-28(13-16-32)25-24(21-10-9-19(2)17-22(21)34-28)29-26(31(25)6)20-11-14-30(5)27(3,4)18-20/h9-10,17,20H,7-8,11-16,18H2,1-6H3/t20-/m1/s1. The molecule has 0 radical (unpaired) electrons. The average Bonchev–Trinajstić information content (AvgIpc) is 3.14. The molecule has 3 aliphatic rings. The Bertz CT molecular complexity index is 1090. The van der Waals surface area contributed by atoms with Crippen molar-refractivity contribution < 1.29 is 9.53 Å². The number of rotatable bonds is 3. The smallest absolute Gasteiger partial charge is 0.222 e. The molecule has 0 unspecified atom stereocenters. The van der Waals surface area contributed by atoms with Crippen molar-refractivity contribution in [1.82, 2.24) is 19.4 Å². The minimum absolute atomic E-state index is 0.156. The van der Waals surface area contributed by atoms with Crippen molar-refractivity contribution in [3.8, 4) is 17.0 Å². The number of nitrogens with zero attached hydrogens (tertiary/aromatic N) is 4. The highest BCUT2D eigenvalue weighted by Crippen LogP contribution is 2.51. The summed E-state index contributed by atoms with van der Waals surface area (Å²) in [5.41, 5.74) is 4.32. The molecule has 2 fully saturated rings. The van der Waals surface area contributed by atoms with Gasteiger partial charge >= 0.3 is 0 Å². The van der Waals surface area contributed by atoms with Crippen LogP contribution in [0.25, 0.3) is 11.3 Å². The number of amides is 1. The van der Waals surface area contributed by atoms with Crippen LogP contribution in [0.5, 0.6) is 5.75 Å². The van der Waals surface area contributed by atoms with E-state index in [9.17, 15) is 4.79 Å². The summed E-state index contributed by atoms with van der Waals surface area (Å²) in [6.07, 6.45) is 5.36. The molecule has 0 bridgehead atoms. The summed E-state index contributed by atoms with van der Waals surface area (Å²) in [6.45, 7) is 11.4. The van der Waals surface area contributed by atoms with Crippen LogP contribution in [0.15, 0.2) is 18.2 Å². The molecule has 184 valence electrons. The predicted molar refractivity (Wildman–Crippen MR) is 135 cm³/mol. The Morgan fingerprint density at radius 3 is 2.59 bits per heavy atom. The van der Waals surface area contributed by atoms with Crippen LogP contribution in [0.2, 0.25) is 0 Å². The van der Waals surface area contributed by atoms with Crippen LogP contribution >= 0.6 is 0 Å². The summed E-state index contributed by atoms with van der Waals surface area (Å²) in [5, 5.41) is 0. The van der Waals surface area contributed by atoms with Gasteiger partial charge in [0.1, 0.15) is 11.6 Å². The summed E-state index contributed by atoms with van der Waals surface area (Å²) >= 11 is 0. The Morgan fingerprint density at radius 2 is 1.91 bits per heavy atom. The average molecular weight is 465 g/mol. The second-order valence-corrected chi connectivity index (χ2v) is 11.4. The SMILES string of the molecule is CCCC(=O)N1CCC2(CC1)Oc1cc(C)ccc1-c1nc([C@@H]3CCN(C)C(C)(C)C3)n(C)c12. The maximum absolute atomic E-state index is 12.6. The minimum atomic E-state index is -0.430. The van der Waals surface area contributed by atoms with Gasteiger partial charge < -0.3 is 19.1 Å². The molecule has 1 aromatic carbocycles. The molecular weight excluding hydrogens is 424 g/mol. The molecule has 2 aromatic rings. The Kier molecular flexibility index (Phi) is 5.78. The maximum Gasteiger partial charge on any atom is 0.222 e. The fourth-order valence-electron chi connectivity index (χ4n) is 6.32. The van der Waals surface area contributed by atoms with Crippen molar-refractivity contribution in [2.45, 2.75) is 83.3 Å². The first-order chi connectivity index (χ1) is 16.1. The van der Waals surface area contributed by atoms with Crippen molar-refractivity contribution in [2.24, 2.45) is 7.05 Å². The van der Waals surface area contributed by atoms with Gasteiger partial charge in [-0.1, -0.05) is 13.0 Å². The molecule has 1 spiro atoms. The Labute approximate surface area is 204 Å². The van der Waals surface area contributed by atoms with Gasteiger partial charge in [0.05, 0.1) is 11.4 Å². The van der Waals surface area contributed by atoms with E-state index in [0.29, 0.717) is 12.3 Å². The lowest BCUT2D eigenvalue weighted by molar-refractivity contribution is -0.135. The number of piperidine rings is 2. The van der Waals surface area contributed by atoms with E-state index in [2.05, 4.69) is 69.5 Å². The van der Waals surface area contributed by atoms with Crippen molar-refractivity contribution >= 4 is 5.91 Å². The first-order valence-corrected chi connectivity index (χ1v) is 13.0. The van der Waals surface area contributed by atoms with Crippen molar-refractivity contribution in [3.05, 3.63) is 35.3 Å². The number of fused-ring (bicyclic) bond motifs is 4. The Hall–Kier alpha value is -2.34. The number of carbonyl (C=O) groups is 1. The lowest BCUT2D eigenvalue weighted by atomic mass is 9.82. The number of hydrogen-bond donors (Lipinski definition) is 0. The van der Waals surface area contributed by atoms with Crippen LogP contribution in [0.3, 0.4) is 0 Å². The van der Waals surface area contributed by atoms with Crippen LogP contribution in [0.1, 0.15) is 82.3 Å². The molecule has 1 atom stereocenters. The van der Waals surface area contributed by atoms with Gasteiger partial charge in [0.15, 0.2) is 5.60 Å². The molecular formula is C28H40N4O2. The number of ether oxygens (including phenoxy) is 1. The number of carbonyl (C=O) groups excluding carboxylic acids is 1. The first kappa shape index (κ1) is 23.4. The van der Waals surface area contributed by atoms with E-state index in [1.807, 2.05) is 4.90 Å². The lowest BCUT2D eigenvalue weighted by Gasteiger charge is -2.45. The fourth-order valence-corrected chi connectivity index (χ4v) is 6.32. The third-order valence-electron chi connectivity index (χ3n) is 8.60. The molecule has 3 aliphatic heterocycles. The van der Waals surface area contributed by atoms with Crippen LogP contribution in [-0.4, -0.2) is 57.5 Å². The van der Waals surface area contributed by atoms with E-state index >= 15 is 0 Å². The van der Waals surface area contributed by atoms with Gasteiger partial charge in [-0.2, -0.15) is 0 Å². The third-order valence-corrected chi connectivity index (χ3v) is 8.60. The van der Waals surface area contributed by atoms with Gasteiger partial charge in [0, 0.05) is 56.4 Å². The Morgan fingerprint density at radius 1 is 1.18 bits per heavy atom. The van der Waals surface area contributed by atoms with E-state index in [4.69, 9.17) is 9.72 Å². The minimum Gasteiger partial charge on any atom is -0.480 e. The number of likely N-dealkylation sites (tertiary alicyclic amines) is 2. The van der Waals surface area contributed by atoms with Crippen LogP contribution in [0, 0.1) is 6.92 Å². The highest BCUT2D eigenvalue weighted by molar-refractivity contribution is 5.77. The number of aryl methyl sites for hydroxylation is 1. The molecule has 4 heterocycles. The summed E-state index contributed by atoms with van der Waals surface area (Å²) in [4.78, 5) is 22.4. The van der Waals surface area contributed by atoms with E-state index < -0.39 is 5.60 Å². The lowest BCUT2D eigenvalue weighted by Crippen LogP contribution is -2.50. The zero-order valence-electron chi connectivity index (χ0n) is 21.8. The molecule has 1 amide bonds. The van der Waals surface area contributed by atoms with Gasteiger partial charge in [-0.3, -0.25) is 4.79 Å². The fraction of sp³-hybridized carbons (Fsp3) is 0.643. The molecule has 6 heteroatoms. The van der Waals surface area contributed by atoms with Gasteiger partial charge in [-0.05, 0) is 71.3 Å². The quantitative estimate of drug-likeness (QED) is 0.642. The van der Waals surface area contributed by atoms with Gasteiger partial charge in [-0.25, -0.2) is 4.98 Å². The summed E-state index contributed by atoms with van der Waals surface area (Å²) in [5.74, 6) is 2.82. The Balaban J connectivity index is 1.56. The molecule has 2 saturated heterocycles. The van der Waals surface area contributed by atoms with E-state index in [1.165, 1.54) is 17.1 Å². The van der Waals surface area contributed by atoms with E-state index in [1.54, 1.807) is 0 Å². The van der Waals surface area contributed by atoms with Crippen LogP contribution in [0.4, 0.5) is 0 Å². The van der Waals surface area contributed by atoms with Gasteiger partial charge in [0.2, 0.25) is 5.91 Å². The predicted octanol–water partition coefficient (Wildman–Crippen LogP) is 4.99. The zero-order valence-corrected chi connectivity index (χ0v) is 21.8. The summed E-state index contributed by atoms with van der Waals surface area (Å²) in [7, 11) is 4.42. The maximum atomic E-state index is 12.6. The van der Waals surface area contributed by atoms with E-state index in [-0.39, 0.29) is 11.4 Å². The second kappa shape index (κ2) is 8.40. The van der Waals surface area contributed by atoms with Crippen molar-refractivity contribution in [1.29, 1.82) is 0 Å². The number of aromatic nitrogens is 2. The largest absolute Gasteiger partial charge is 0.480 e. The zero-order chi connectivity index (χ0) is 24.3. The van der Waals surface area contributed by atoms with Gasteiger partial charge in [0.25, 0.3) is 0 Å². The monoisotopic (exact) mass is 464 g/mol. The topological polar surface area (TPSA) is 50.6 Å². The van der Waals surface area contributed by atoms with Crippen LogP contribution < -0.4 is 4.74 Å². The first-order valence-electron chi connectivity index (χ1n) is 13.0. The normalized spacial score (nSPS) is 23.4. The van der Waals surface area contributed by atoms with Gasteiger partial charge in [-0.15, -0.1) is 0 Å². The number of hydrogen-bond acceptors (Lipinski definition) is 4. The number of benzene rings is 1. The second-order valence-electron chi connectivity index (χ2n) is 11.4. The third kappa shape index (κ3) is 3.74. The molecule has 0 aliphatic carbocycles. The molecule has 34 heavy (non-hydrogen) atoms. The summed E-state index contributed by atoms with van der Waals surface area (Å²) < 4.78 is 9.24. The molecule has 0 N–H and O–H groups in total. The van der Waals surface area contributed by atoms with Crippen molar-refractivity contribution in [3.63, 3.8) is 0 Å². The van der Waals surface area contributed by atoms with E-state index in [0.717, 1.165) is 68.7 Å². The molecule has 6 nitrogen and oxygen atoms in total.